The minimum atomic E-state index is 0.0615. The van der Waals surface area contributed by atoms with Gasteiger partial charge in [0.25, 0.3) is 0 Å². The van der Waals surface area contributed by atoms with Crippen molar-refractivity contribution >= 4 is 0 Å². The van der Waals surface area contributed by atoms with Crippen molar-refractivity contribution in [3.63, 3.8) is 0 Å². The minimum absolute atomic E-state index is 0.0615. The standard InChI is InChI=1S/C18H28O3/c1-3-5-6-7-12-19-17-10-8-15(9-11-17)18-14-20-16(4-2)13-21-18/h8-11,16,18H,3-7,12-14H2,1-2H3/t16-,18-/m0/s1. The van der Waals surface area contributed by atoms with Crippen molar-refractivity contribution in [1.29, 1.82) is 0 Å². The second-order valence-corrected chi connectivity index (χ2v) is 5.66. The predicted octanol–water partition coefficient (Wildman–Crippen LogP) is 4.51. The summed E-state index contributed by atoms with van der Waals surface area (Å²) in [5.41, 5.74) is 1.17. The van der Waals surface area contributed by atoms with E-state index in [-0.39, 0.29) is 12.2 Å². The molecule has 3 heteroatoms. The van der Waals surface area contributed by atoms with Crippen LogP contribution in [0.3, 0.4) is 0 Å². The van der Waals surface area contributed by atoms with Crippen molar-refractivity contribution in [2.75, 3.05) is 19.8 Å². The fourth-order valence-corrected chi connectivity index (χ4v) is 2.47. The SMILES string of the molecule is CCCCCCOc1ccc([C@@H]2CO[C@@H](CC)CO2)cc1. The smallest absolute Gasteiger partial charge is 0.119 e. The Morgan fingerprint density at radius 1 is 1.00 bits per heavy atom. The number of benzene rings is 1. The topological polar surface area (TPSA) is 27.7 Å². The first kappa shape index (κ1) is 16.3. The van der Waals surface area contributed by atoms with E-state index in [9.17, 15) is 0 Å². The third-order valence-corrected chi connectivity index (χ3v) is 3.94. The molecule has 3 nitrogen and oxygen atoms in total. The van der Waals surface area contributed by atoms with Crippen LogP contribution in [0, 0.1) is 0 Å². The molecule has 0 N–H and O–H groups in total. The molecular weight excluding hydrogens is 264 g/mol. The molecule has 118 valence electrons. The Hall–Kier alpha value is -1.06. The summed E-state index contributed by atoms with van der Waals surface area (Å²) in [5, 5.41) is 0. The third-order valence-electron chi connectivity index (χ3n) is 3.94. The van der Waals surface area contributed by atoms with Crippen LogP contribution in [0.5, 0.6) is 5.75 Å². The summed E-state index contributed by atoms with van der Waals surface area (Å²) in [7, 11) is 0. The third kappa shape index (κ3) is 5.33. The maximum Gasteiger partial charge on any atom is 0.119 e. The first-order chi connectivity index (χ1) is 10.3. The largest absolute Gasteiger partial charge is 0.494 e. The number of hydrogen-bond acceptors (Lipinski definition) is 3. The highest BCUT2D eigenvalue weighted by molar-refractivity contribution is 5.28. The van der Waals surface area contributed by atoms with Gasteiger partial charge in [0, 0.05) is 0 Å². The lowest BCUT2D eigenvalue weighted by Crippen LogP contribution is -2.30. The van der Waals surface area contributed by atoms with Crippen molar-refractivity contribution in [1.82, 2.24) is 0 Å². The summed E-state index contributed by atoms with van der Waals surface area (Å²) in [6.07, 6.45) is 6.27. The van der Waals surface area contributed by atoms with Gasteiger partial charge in [-0.05, 0) is 30.5 Å². The van der Waals surface area contributed by atoms with Crippen molar-refractivity contribution in [3.8, 4) is 5.75 Å². The predicted molar refractivity (Wildman–Crippen MR) is 84.8 cm³/mol. The van der Waals surface area contributed by atoms with Crippen molar-refractivity contribution < 1.29 is 14.2 Å². The summed E-state index contributed by atoms with van der Waals surface area (Å²) < 4.78 is 17.4. The first-order valence-electron chi connectivity index (χ1n) is 8.29. The Kier molecular flexibility index (Phi) is 7.04. The summed E-state index contributed by atoms with van der Waals surface area (Å²) in [6.45, 7) is 6.49. The van der Waals surface area contributed by atoms with Gasteiger partial charge in [0.15, 0.2) is 0 Å². The van der Waals surface area contributed by atoms with Gasteiger partial charge in [-0.2, -0.15) is 0 Å². The van der Waals surface area contributed by atoms with E-state index < -0.39 is 0 Å². The Balaban J connectivity index is 1.74. The van der Waals surface area contributed by atoms with Crippen LogP contribution in [0.4, 0.5) is 0 Å². The molecule has 0 radical (unpaired) electrons. The zero-order valence-corrected chi connectivity index (χ0v) is 13.3. The number of rotatable bonds is 8. The zero-order chi connectivity index (χ0) is 14.9. The van der Waals surface area contributed by atoms with E-state index in [4.69, 9.17) is 14.2 Å². The maximum absolute atomic E-state index is 5.87. The molecule has 2 atom stereocenters. The molecule has 0 spiro atoms. The van der Waals surface area contributed by atoms with Crippen LogP contribution in [-0.4, -0.2) is 25.9 Å². The molecule has 1 saturated heterocycles. The maximum atomic E-state index is 5.87. The monoisotopic (exact) mass is 292 g/mol. The Labute approximate surface area is 128 Å². The molecule has 1 aliphatic rings. The lowest BCUT2D eigenvalue weighted by Gasteiger charge is -2.29. The van der Waals surface area contributed by atoms with Crippen LogP contribution in [-0.2, 0) is 9.47 Å². The molecule has 1 aliphatic heterocycles. The van der Waals surface area contributed by atoms with Gasteiger partial charge >= 0.3 is 0 Å². The molecule has 0 aliphatic carbocycles. The molecular formula is C18H28O3. The van der Waals surface area contributed by atoms with Gasteiger partial charge in [-0.1, -0.05) is 45.2 Å². The van der Waals surface area contributed by atoms with Crippen LogP contribution >= 0.6 is 0 Å². The fourth-order valence-electron chi connectivity index (χ4n) is 2.47. The van der Waals surface area contributed by atoms with Crippen LogP contribution in [0.25, 0.3) is 0 Å². The summed E-state index contributed by atoms with van der Waals surface area (Å²) in [6, 6.07) is 8.23. The summed E-state index contributed by atoms with van der Waals surface area (Å²) in [4.78, 5) is 0. The fraction of sp³-hybridized carbons (Fsp3) is 0.667. The Bertz CT molecular complexity index is 380. The van der Waals surface area contributed by atoms with Crippen LogP contribution in [0.2, 0.25) is 0 Å². The lowest BCUT2D eigenvalue weighted by molar-refractivity contribution is -0.135. The molecule has 1 aromatic carbocycles. The lowest BCUT2D eigenvalue weighted by atomic mass is 10.1. The average molecular weight is 292 g/mol. The van der Waals surface area contributed by atoms with E-state index in [0.717, 1.165) is 25.2 Å². The molecule has 0 aromatic heterocycles. The molecule has 21 heavy (non-hydrogen) atoms. The van der Waals surface area contributed by atoms with Crippen molar-refractivity contribution in [3.05, 3.63) is 29.8 Å². The number of hydrogen-bond donors (Lipinski definition) is 0. The van der Waals surface area contributed by atoms with Gasteiger partial charge < -0.3 is 14.2 Å². The second kappa shape index (κ2) is 9.06. The van der Waals surface area contributed by atoms with Crippen LogP contribution < -0.4 is 4.74 Å². The minimum Gasteiger partial charge on any atom is -0.494 e. The first-order valence-corrected chi connectivity index (χ1v) is 8.29. The van der Waals surface area contributed by atoms with E-state index >= 15 is 0 Å². The Morgan fingerprint density at radius 3 is 2.43 bits per heavy atom. The van der Waals surface area contributed by atoms with Crippen molar-refractivity contribution in [2.45, 2.75) is 58.2 Å². The normalized spacial score (nSPS) is 22.2. The van der Waals surface area contributed by atoms with Gasteiger partial charge in [-0.25, -0.2) is 0 Å². The quantitative estimate of drug-likeness (QED) is 0.660. The molecule has 0 bridgehead atoms. The van der Waals surface area contributed by atoms with Crippen molar-refractivity contribution in [2.24, 2.45) is 0 Å². The van der Waals surface area contributed by atoms with E-state index in [1.165, 1.54) is 24.8 Å². The molecule has 0 unspecified atom stereocenters. The second-order valence-electron chi connectivity index (χ2n) is 5.66. The summed E-state index contributed by atoms with van der Waals surface area (Å²) in [5.74, 6) is 0.943. The van der Waals surface area contributed by atoms with E-state index in [2.05, 4.69) is 26.0 Å². The van der Waals surface area contributed by atoms with E-state index in [0.29, 0.717) is 13.2 Å². The molecule has 1 aromatic rings. The van der Waals surface area contributed by atoms with Crippen LogP contribution in [0.1, 0.15) is 57.6 Å². The summed E-state index contributed by atoms with van der Waals surface area (Å²) >= 11 is 0. The average Bonchev–Trinajstić information content (AvgIpc) is 2.55. The highest BCUT2D eigenvalue weighted by atomic mass is 16.6. The number of ether oxygens (including phenoxy) is 3. The molecule has 1 fully saturated rings. The van der Waals surface area contributed by atoms with Gasteiger partial charge in [0.1, 0.15) is 11.9 Å². The highest BCUT2D eigenvalue weighted by Crippen LogP contribution is 2.25. The highest BCUT2D eigenvalue weighted by Gasteiger charge is 2.22. The van der Waals surface area contributed by atoms with Gasteiger partial charge in [-0.3, -0.25) is 0 Å². The van der Waals surface area contributed by atoms with E-state index in [1.54, 1.807) is 0 Å². The van der Waals surface area contributed by atoms with Gasteiger partial charge in [-0.15, -0.1) is 0 Å². The van der Waals surface area contributed by atoms with Crippen LogP contribution in [0.15, 0.2) is 24.3 Å². The molecule has 1 heterocycles. The van der Waals surface area contributed by atoms with Gasteiger partial charge in [0.05, 0.1) is 25.9 Å². The Morgan fingerprint density at radius 2 is 1.81 bits per heavy atom. The number of unbranched alkanes of at least 4 members (excludes halogenated alkanes) is 3. The molecule has 0 amide bonds. The molecule has 2 rings (SSSR count). The molecule has 0 saturated carbocycles. The van der Waals surface area contributed by atoms with Gasteiger partial charge in [0.2, 0.25) is 0 Å². The van der Waals surface area contributed by atoms with E-state index in [1.807, 2.05) is 12.1 Å². The zero-order valence-electron chi connectivity index (χ0n) is 13.3.